The summed E-state index contributed by atoms with van der Waals surface area (Å²) >= 11 is 0. The maximum absolute atomic E-state index is 12.1. The number of carbonyl (C=O) groups is 1. The van der Waals surface area contributed by atoms with Crippen LogP contribution in [0.25, 0.3) is 11.0 Å². The average molecular weight is 267 g/mol. The summed E-state index contributed by atoms with van der Waals surface area (Å²) in [6, 6.07) is 15.9. The highest BCUT2D eigenvalue weighted by molar-refractivity contribution is 5.80. The molecule has 5 heteroatoms. The zero-order valence-corrected chi connectivity index (χ0v) is 10.9. The Bertz CT molecular complexity index is 737. The van der Waals surface area contributed by atoms with E-state index < -0.39 is 6.04 Å². The van der Waals surface area contributed by atoms with Crippen LogP contribution in [-0.2, 0) is 4.79 Å². The van der Waals surface area contributed by atoms with Gasteiger partial charge >= 0.3 is 5.97 Å². The van der Waals surface area contributed by atoms with Gasteiger partial charge < -0.3 is 4.74 Å². The molecule has 0 aliphatic rings. The maximum Gasteiger partial charge on any atom is 0.336 e. The second-order valence-corrected chi connectivity index (χ2v) is 4.43. The summed E-state index contributed by atoms with van der Waals surface area (Å²) in [5.74, 6) is 0.153. The van der Waals surface area contributed by atoms with Crippen molar-refractivity contribution in [1.82, 2.24) is 15.0 Å². The van der Waals surface area contributed by atoms with Crippen LogP contribution in [0.5, 0.6) is 5.75 Å². The fraction of sp³-hybridized carbons (Fsp3) is 0.133. The van der Waals surface area contributed by atoms with E-state index in [1.165, 1.54) is 0 Å². The van der Waals surface area contributed by atoms with Gasteiger partial charge in [-0.2, -0.15) is 0 Å². The van der Waals surface area contributed by atoms with Gasteiger partial charge in [-0.15, -0.1) is 5.10 Å². The Balaban J connectivity index is 1.85. The van der Waals surface area contributed by atoms with E-state index in [0.717, 1.165) is 11.0 Å². The summed E-state index contributed by atoms with van der Waals surface area (Å²) in [5, 5.41) is 8.06. The summed E-state index contributed by atoms with van der Waals surface area (Å²) in [4.78, 5) is 12.1. The molecule has 1 unspecified atom stereocenters. The summed E-state index contributed by atoms with van der Waals surface area (Å²) in [5.41, 5.74) is 1.57. The third-order valence-corrected chi connectivity index (χ3v) is 3.05. The normalized spacial score (nSPS) is 12.2. The highest BCUT2D eigenvalue weighted by Crippen LogP contribution is 2.18. The highest BCUT2D eigenvalue weighted by atomic mass is 16.5. The minimum absolute atomic E-state index is 0.369. The third kappa shape index (κ3) is 2.25. The van der Waals surface area contributed by atoms with Crippen molar-refractivity contribution in [3.8, 4) is 5.75 Å². The molecule has 5 nitrogen and oxygen atoms in total. The number of rotatable bonds is 3. The van der Waals surface area contributed by atoms with E-state index in [0.29, 0.717) is 5.75 Å². The van der Waals surface area contributed by atoms with Crippen molar-refractivity contribution in [2.45, 2.75) is 13.0 Å². The zero-order valence-electron chi connectivity index (χ0n) is 10.9. The number of hydrogen-bond acceptors (Lipinski definition) is 4. The molecule has 3 rings (SSSR count). The fourth-order valence-corrected chi connectivity index (χ4v) is 1.96. The lowest BCUT2D eigenvalue weighted by Gasteiger charge is -2.11. The maximum atomic E-state index is 12.1. The van der Waals surface area contributed by atoms with Gasteiger partial charge in [-0.05, 0) is 31.2 Å². The number of ether oxygens (including phenoxy) is 1. The van der Waals surface area contributed by atoms with E-state index in [4.69, 9.17) is 4.74 Å². The number of carbonyl (C=O) groups excluding carboxylic acids is 1. The van der Waals surface area contributed by atoms with Crippen molar-refractivity contribution in [3.63, 3.8) is 0 Å². The van der Waals surface area contributed by atoms with E-state index in [1.807, 2.05) is 42.5 Å². The highest BCUT2D eigenvalue weighted by Gasteiger charge is 2.20. The summed E-state index contributed by atoms with van der Waals surface area (Å²) in [7, 11) is 0. The molecule has 0 saturated heterocycles. The summed E-state index contributed by atoms with van der Waals surface area (Å²) < 4.78 is 6.89. The van der Waals surface area contributed by atoms with Crippen molar-refractivity contribution in [1.29, 1.82) is 0 Å². The molecule has 0 N–H and O–H groups in total. The molecule has 0 saturated carbocycles. The zero-order chi connectivity index (χ0) is 13.9. The predicted octanol–water partition coefficient (Wildman–Crippen LogP) is 2.60. The molecular weight excluding hydrogens is 254 g/mol. The lowest BCUT2D eigenvalue weighted by Crippen LogP contribution is -2.22. The van der Waals surface area contributed by atoms with Crippen LogP contribution in [0.1, 0.15) is 13.0 Å². The average Bonchev–Trinajstić information content (AvgIpc) is 2.91. The third-order valence-electron chi connectivity index (χ3n) is 3.05. The SMILES string of the molecule is CC(C(=O)Oc1ccccc1)n1nnc2ccccc21. The first kappa shape index (κ1) is 12.3. The standard InChI is InChI=1S/C15H13N3O2/c1-11(15(19)20-12-7-3-2-4-8-12)18-14-10-6-5-9-13(14)16-17-18/h2-11H,1H3. The number of nitrogens with zero attached hydrogens (tertiary/aromatic N) is 3. The lowest BCUT2D eigenvalue weighted by atomic mass is 10.3. The van der Waals surface area contributed by atoms with E-state index in [2.05, 4.69) is 10.3 Å². The number of para-hydroxylation sites is 2. The summed E-state index contributed by atoms with van der Waals surface area (Å²) in [6.45, 7) is 1.74. The number of esters is 1. The van der Waals surface area contributed by atoms with Crippen LogP contribution < -0.4 is 4.74 Å². The van der Waals surface area contributed by atoms with Gasteiger partial charge in [-0.1, -0.05) is 35.5 Å². The Morgan fingerprint density at radius 3 is 2.60 bits per heavy atom. The molecule has 0 aliphatic heterocycles. The minimum Gasteiger partial charge on any atom is -0.425 e. The molecular formula is C15H13N3O2. The first-order valence-corrected chi connectivity index (χ1v) is 6.32. The smallest absolute Gasteiger partial charge is 0.336 e. The summed E-state index contributed by atoms with van der Waals surface area (Å²) in [6.07, 6.45) is 0. The van der Waals surface area contributed by atoms with Crippen LogP contribution in [0.2, 0.25) is 0 Å². The molecule has 0 fully saturated rings. The quantitative estimate of drug-likeness (QED) is 0.540. The van der Waals surface area contributed by atoms with Gasteiger partial charge in [0.05, 0.1) is 5.52 Å². The molecule has 100 valence electrons. The van der Waals surface area contributed by atoms with E-state index >= 15 is 0 Å². The number of fused-ring (bicyclic) bond motifs is 1. The van der Waals surface area contributed by atoms with Crippen LogP contribution in [-0.4, -0.2) is 21.0 Å². The Morgan fingerprint density at radius 1 is 1.10 bits per heavy atom. The molecule has 1 heterocycles. The van der Waals surface area contributed by atoms with Gasteiger partial charge in [0.2, 0.25) is 0 Å². The van der Waals surface area contributed by atoms with Gasteiger partial charge in [0.15, 0.2) is 0 Å². The van der Waals surface area contributed by atoms with E-state index in [-0.39, 0.29) is 5.97 Å². The van der Waals surface area contributed by atoms with Crippen LogP contribution in [0, 0.1) is 0 Å². The minimum atomic E-state index is -0.539. The molecule has 1 atom stereocenters. The molecule has 0 aliphatic carbocycles. The fourth-order valence-electron chi connectivity index (χ4n) is 1.96. The van der Waals surface area contributed by atoms with E-state index in [1.54, 1.807) is 23.7 Å². The van der Waals surface area contributed by atoms with Gasteiger partial charge in [0, 0.05) is 0 Å². The largest absolute Gasteiger partial charge is 0.425 e. The number of benzene rings is 2. The first-order valence-electron chi connectivity index (χ1n) is 6.32. The van der Waals surface area contributed by atoms with Crippen molar-refractivity contribution >= 4 is 17.0 Å². The van der Waals surface area contributed by atoms with Gasteiger partial charge in [0.25, 0.3) is 0 Å². The van der Waals surface area contributed by atoms with Crippen molar-refractivity contribution in [2.75, 3.05) is 0 Å². The van der Waals surface area contributed by atoms with Crippen LogP contribution in [0.3, 0.4) is 0 Å². The second-order valence-electron chi connectivity index (χ2n) is 4.43. The van der Waals surface area contributed by atoms with Gasteiger partial charge in [-0.3, -0.25) is 0 Å². The number of aromatic nitrogens is 3. The Morgan fingerprint density at radius 2 is 1.80 bits per heavy atom. The molecule has 0 bridgehead atoms. The van der Waals surface area contributed by atoms with Crippen molar-refractivity contribution in [3.05, 3.63) is 54.6 Å². The molecule has 0 radical (unpaired) electrons. The van der Waals surface area contributed by atoms with Crippen molar-refractivity contribution in [2.24, 2.45) is 0 Å². The first-order chi connectivity index (χ1) is 9.75. The van der Waals surface area contributed by atoms with Crippen LogP contribution in [0.15, 0.2) is 54.6 Å². The predicted molar refractivity (Wildman–Crippen MR) is 74.3 cm³/mol. The molecule has 0 spiro atoms. The second kappa shape index (κ2) is 5.13. The molecule has 0 amide bonds. The van der Waals surface area contributed by atoms with Crippen LogP contribution >= 0.6 is 0 Å². The van der Waals surface area contributed by atoms with Crippen molar-refractivity contribution < 1.29 is 9.53 Å². The molecule has 2 aromatic carbocycles. The van der Waals surface area contributed by atoms with E-state index in [9.17, 15) is 4.79 Å². The Hall–Kier alpha value is -2.69. The monoisotopic (exact) mass is 267 g/mol. The topological polar surface area (TPSA) is 57.0 Å². The molecule has 20 heavy (non-hydrogen) atoms. The Kier molecular flexibility index (Phi) is 3.16. The molecule has 1 aromatic heterocycles. The lowest BCUT2D eigenvalue weighted by molar-refractivity contribution is -0.137. The van der Waals surface area contributed by atoms with Gasteiger partial charge in [0.1, 0.15) is 17.3 Å². The molecule has 3 aromatic rings. The van der Waals surface area contributed by atoms with Gasteiger partial charge in [-0.25, -0.2) is 9.48 Å². The number of hydrogen-bond donors (Lipinski definition) is 0. The Labute approximate surface area is 115 Å². The van der Waals surface area contributed by atoms with Crippen LogP contribution in [0.4, 0.5) is 0 Å².